The summed E-state index contributed by atoms with van der Waals surface area (Å²) in [7, 11) is 2.64. The monoisotopic (exact) mass is 477 g/mol. The topological polar surface area (TPSA) is 89.9 Å². The summed E-state index contributed by atoms with van der Waals surface area (Å²) in [5, 5.41) is 5.58. The second-order valence-electron chi connectivity index (χ2n) is 7.53. The smallest absolute Gasteiger partial charge is 0.338 e. The van der Waals surface area contributed by atoms with Gasteiger partial charge in [-0.2, -0.15) is 0 Å². The first-order valence-electron chi connectivity index (χ1n) is 10.0. The molecule has 0 saturated heterocycles. The van der Waals surface area contributed by atoms with Crippen molar-refractivity contribution in [3.63, 3.8) is 0 Å². The maximum Gasteiger partial charge on any atom is 0.338 e. The Morgan fingerprint density at radius 3 is 2.75 bits per heavy atom. The van der Waals surface area contributed by atoms with E-state index in [-0.39, 0.29) is 28.4 Å². The lowest BCUT2D eigenvalue weighted by atomic mass is 9.89. The number of rotatable bonds is 5. The molecule has 3 unspecified atom stereocenters. The fourth-order valence-electron chi connectivity index (χ4n) is 4.25. The van der Waals surface area contributed by atoms with E-state index in [1.165, 1.54) is 37.7 Å². The zero-order chi connectivity index (χ0) is 22.8. The third kappa shape index (κ3) is 4.14. The molecule has 3 atom stereocenters. The number of thiazole rings is 1. The van der Waals surface area contributed by atoms with E-state index >= 15 is 0 Å². The van der Waals surface area contributed by atoms with Gasteiger partial charge in [0, 0.05) is 28.8 Å². The molecule has 1 aliphatic heterocycles. The average Bonchev–Trinajstić information content (AvgIpc) is 3.51. The van der Waals surface area contributed by atoms with Crippen LogP contribution in [0.5, 0.6) is 0 Å². The first-order chi connectivity index (χ1) is 15.4. The Kier molecular flexibility index (Phi) is 6.57. The zero-order valence-electron chi connectivity index (χ0n) is 17.4. The second-order valence-corrected chi connectivity index (χ2v) is 8.81. The van der Waals surface area contributed by atoms with Gasteiger partial charge in [-0.1, -0.05) is 23.7 Å². The quantitative estimate of drug-likeness (QED) is 0.653. The van der Waals surface area contributed by atoms with Gasteiger partial charge in [0.05, 0.1) is 30.7 Å². The molecule has 0 spiro atoms. The summed E-state index contributed by atoms with van der Waals surface area (Å²) in [6.45, 7) is 0. The molecule has 2 aromatic rings. The molecule has 1 aromatic heterocycles. The molecule has 7 nitrogen and oxygen atoms in total. The predicted octanol–water partition coefficient (Wildman–Crippen LogP) is 4.04. The van der Waals surface area contributed by atoms with Crippen molar-refractivity contribution >= 4 is 40.7 Å². The predicted molar refractivity (Wildman–Crippen MR) is 118 cm³/mol. The van der Waals surface area contributed by atoms with E-state index < -0.39 is 17.8 Å². The van der Waals surface area contributed by atoms with Gasteiger partial charge in [-0.3, -0.25) is 9.79 Å². The number of nitrogens with zero attached hydrogens (tertiary/aromatic N) is 2. The van der Waals surface area contributed by atoms with Gasteiger partial charge in [-0.05, 0) is 25.3 Å². The zero-order valence-corrected chi connectivity index (χ0v) is 19.0. The minimum Gasteiger partial charge on any atom is -0.469 e. The molecular weight excluding hydrogens is 457 g/mol. The van der Waals surface area contributed by atoms with E-state index in [0.717, 1.165) is 0 Å². The number of aliphatic imine (C=N–C) groups is 1. The summed E-state index contributed by atoms with van der Waals surface area (Å²) in [5.74, 6) is -1.44. The average molecular weight is 478 g/mol. The number of aromatic nitrogens is 1. The lowest BCUT2D eigenvalue weighted by Gasteiger charge is -2.30. The molecule has 1 saturated carbocycles. The lowest BCUT2D eigenvalue weighted by Crippen LogP contribution is -2.36. The Bertz CT molecular complexity index is 1100. The minimum absolute atomic E-state index is 0.110. The number of carbonyl (C=O) groups excluding carboxylic acids is 2. The molecule has 1 aromatic carbocycles. The van der Waals surface area contributed by atoms with Crippen molar-refractivity contribution in [2.75, 3.05) is 14.2 Å². The number of methoxy groups -OCH3 is 2. The Morgan fingerprint density at radius 1 is 1.25 bits per heavy atom. The highest BCUT2D eigenvalue weighted by Gasteiger charge is 2.40. The van der Waals surface area contributed by atoms with Crippen molar-refractivity contribution in [1.29, 1.82) is 0 Å². The molecule has 10 heteroatoms. The number of nitrogens with one attached hydrogen (secondary N) is 1. The summed E-state index contributed by atoms with van der Waals surface area (Å²) >= 11 is 7.67. The first-order valence-corrected chi connectivity index (χ1v) is 11.3. The van der Waals surface area contributed by atoms with Crippen LogP contribution in [0.15, 0.2) is 46.0 Å². The molecule has 2 heterocycles. The van der Waals surface area contributed by atoms with Crippen LogP contribution >= 0.6 is 22.9 Å². The van der Waals surface area contributed by atoms with Crippen molar-refractivity contribution in [1.82, 2.24) is 10.3 Å². The van der Waals surface area contributed by atoms with Crippen molar-refractivity contribution in [2.45, 2.75) is 25.3 Å². The van der Waals surface area contributed by atoms with Gasteiger partial charge in [0.2, 0.25) is 0 Å². The van der Waals surface area contributed by atoms with E-state index in [1.807, 2.05) is 5.38 Å². The number of hydrogen-bond acceptors (Lipinski definition) is 8. The van der Waals surface area contributed by atoms with Gasteiger partial charge >= 0.3 is 11.9 Å². The van der Waals surface area contributed by atoms with Gasteiger partial charge in [-0.25, -0.2) is 14.2 Å². The van der Waals surface area contributed by atoms with Crippen LogP contribution in [0.2, 0.25) is 5.02 Å². The molecule has 0 amide bonds. The van der Waals surface area contributed by atoms with Crippen LogP contribution in [0.4, 0.5) is 4.39 Å². The van der Waals surface area contributed by atoms with Crippen LogP contribution in [0.25, 0.3) is 0 Å². The molecule has 1 N–H and O–H groups in total. The molecule has 1 fully saturated rings. The third-order valence-electron chi connectivity index (χ3n) is 5.77. The third-order valence-corrected chi connectivity index (χ3v) is 6.95. The van der Waals surface area contributed by atoms with Crippen LogP contribution in [-0.4, -0.2) is 37.0 Å². The summed E-state index contributed by atoms with van der Waals surface area (Å²) < 4.78 is 24.3. The normalized spacial score (nSPS) is 22.9. The number of amidine groups is 1. The summed E-state index contributed by atoms with van der Waals surface area (Å²) in [5.41, 5.74) is 1.19. The highest BCUT2D eigenvalue weighted by Crippen LogP contribution is 2.43. The van der Waals surface area contributed by atoms with Gasteiger partial charge in [0.15, 0.2) is 10.8 Å². The molecule has 4 rings (SSSR count). The number of allylic oxidation sites excluding steroid dienone is 1. The maximum absolute atomic E-state index is 14.3. The number of ether oxygens (including phenoxy) is 2. The molecule has 0 bridgehead atoms. The van der Waals surface area contributed by atoms with Crippen LogP contribution < -0.4 is 5.32 Å². The highest BCUT2D eigenvalue weighted by atomic mass is 35.5. The standard InChI is InChI=1S/C22H21ClFN3O4S/c1-30-21(28)12-7-6-11(10-12)17-15(22(29)31-2)18(13-4-3-5-14(24)16(13)23)27-19(26-17)20-25-8-9-32-20/h3-5,8-9,11-12,18H,6-7,10H2,1-2H3,(H,26,27). The summed E-state index contributed by atoms with van der Waals surface area (Å²) in [6, 6.07) is 3.52. The second kappa shape index (κ2) is 9.38. The summed E-state index contributed by atoms with van der Waals surface area (Å²) in [6.07, 6.45) is 3.45. The van der Waals surface area contributed by atoms with Gasteiger partial charge in [0.1, 0.15) is 11.9 Å². The molecule has 1 aliphatic carbocycles. The van der Waals surface area contributed by atoms with E-state index in [1.54, 1.807) is 12.3 Å². The van der Waals surface area contributed by atoms with Crippen molar-refractivity contribution in [3.05, 3.63) is 62.5 Å². The maximum atomic E-state index is 14.3. The fourth-order valence-corrected chi connectivity index (χ4v) is 5.07. The Hall–Kier alpha value is -2.78. The number of hydrogen-bond donors (Lipinski definition) is 1. The van der Waals surface area contributed by atoms with Crippen molar-refractivity contribution in [2.24, 2.45) is 16.8 Å². The fraction of sp³-hybridized carbons (Fsp3) is 0.364. The largest absolute Gasteiger partial charge is 0.469 e. The van der Waals surface area contributed by atoms with E-state index in [4.69, 9.17) is 26.1 Å². The van der Waals surface area contributed by atoms with E-state index in [0.29, 0.717) is 41.4 Å². The molecule has 0 radical (unpaired) electrons. The molecule has 2 aliphatic rings. The molecule has 168 valence electrons. The number of halogens is 2. The Morgan fingerprint density at radius 2 is 2.06 bits per heavy atom. The van der Waals surface area contributed by atoms with Gasteiger partial charge < -0.3 is 14.8 Å². The lowest BCUT2D eigenvalue weighted by molar-refractivity contribution is -0.145. The highest BCUT2D eigenvalue weighted by molar-refractivity contribution is 7.11. The summed E-state index contributed by atoms with van der Waals surface area (Å²) in [4.78, 5) is 34.1. The van der Waals surface area contributed by atoms with Crippen LogP contribution in [-0.2, 0) is 19.1 Å². The number of benzene rings is 1. The Labute approximate surface area is 193 Å². The van der Waals surface area contributed by atoms with Gasteiger partial charge in [0.25, 0.3) is 0 Å². The van der Waals surface area contributed by atoms with E-state index in [9.17, 15) is 14.0 Å². The SMILES string of the molecule is COC(=O)C1=C(C2CCC(C(=O)OC)C2)NC(c2nccs2)=NC1c1cccc(F)c1Cl. The molecule has 32 heavy (non-hydrogen) atoms. The van der Waals surface area contributed by atoms with Crippen LogP contribution in [0, 0.1) is 17.7 Å². The minimum atomic E-state index is -0.891. The molecular formula is C22H21ClFN3O4S. The van der Waals surface area contributed by atoms with E-state index in [2.05, 4.69) is 10.3 Å². The van der Waals surface area contributed by atoms with Gasteiger partial charge in [-0.15, -0.1) is 11.3 Å². The van der Waals surface area contributed by atoms with Crippen LogP contribution in [0.3, 0.4) is 0 Å². The van der Waals surface area contributed by atoms with Crippen molar-refractivity contribution in [3.8, 4) is 0 Å². The van der Waals surface area contributed by atoms with Crippen LogP contribution in [0.1, 0.15) is 35.9 Å². The Balaban J connectivity index is 1.85. The van der Waals surface area contributed by atoms with Crippen molar-refractivity contribution < 1.29 is 23.5 Å². The number of esters is 2. The first kappa shape index (κ1) is 22.4. The number of carbonyl (C=O) groups is 2.